The van der Waals surface area contributed by atoms with E-state index in [1.165, 1.54) is 0 Å². The van der Waals surface area contributed by atoms with Crippen LogP contribution in [-0.4, -0.2) is 24.0 Å². The van der Waals surface area contributed by atoms with Crippen LogP contribution in [0.15, 0.2) is 18.3 Å². The minimum atomic E-state index is -0.0348. The van der Waals surface area contributed by atoms with Crippen molar-refractivity contribution in [2.45, 2.75) is 26.2 Å². The second kappa shape index (κ2) is 7.62. The zero-order valence-corrected chi connectivity index (χ0v) is 10.1. The van der Waals surface area contributed by atoms with Crippen LogP contribution in [0.2, 0.25) is 0 Å². The molecule has 0 spiro atoms. The minimum absolute atomic E-state index is 0.0348. The van der Waals surface area contributed by atoms with Crippen LogP contribution < -0.4 is 15.8 Å². The Hall–Kier alpha value is -1.62. The lowest BCUT2D eigenvalue weighted by Crippen LogP contribution is -2.13. The van der Waals surface area contributed by atoms with Gasteiger partial charge in [-0.15, -0.1) is 0 Å². The fraction of sp³-hybridized carbons (Fsp3) is 0.500. The van der Waals surface area contributed by atoms with E-state index >= 15 is 0 Å². The van der Waals surface area contributed by atoms with Gasteiger partial charge in [0, 0.05) is 12.6 Å². The van der Waals surface area contributed by atoms with Gasteiger partial charge in [0.25, 0.3) is 0 Å². The lowest BCUT2D eigenvalue weighted by atomic mass is 10.2. The number of hydrogen-bond acceptors (Lipinski definition) is 4. The molecule has 5 nitrogen and oxygen atoms in total. The highest BCUT2D eigenvalue weighted by Gasteiger charge is 2.07. The molecule has 1 rings (SSSR count). The fourth-order valence-corrected chi connectivity index (χ4v) is 1.38. The number of nitrogens with one attached hydrogen (secondary N) is 1. The van der Waals surface area contributed by atoms with Crippen molar-refractivity contribution in [1.82, 2.24) is 4.98 Å². The highest BCUT2D eigenvalue weighted by Crippen LogP contribution is 2.20. The summed E-state index contributed by atoms with van der Waals surface area (Å²) in [4.78, 5) is 15.7. The summed E-state index contributed by atoms with van der Waals surface area (Å²) in [6.07, 6.45) is 3.76. The van der Waals surface area contributed by atoms with E-state index in [0.717, 1.165) is 12.8 Å². The van der Waals surface area contributed by atoms with Gasteiger partial charge in [0.2, 0.25) is 11.8 Å². The Morgan fingerprint density at radius 1 is 1.53 bits per heavy atom. The standard InChI is InChI=1S/C12H19N3O2/c1-2-17-12-10(6-5-9-14-12)15-11(16)7-3-4-8-13/h5-6,9H,2-4,7-8,13H2,1H3,(H,15,16). The van der Waals surface area contributed by atoms with Crippen LogP contribution in [0.5, 0.6) is 5.88 Å². The average molecular weight is 237 g/mol. The molecule has 0 aromatic carbocycles. The summed E-state index contributed by atoms with van der Waals surface area (Å²) < 4.78 is 5.32. The van der Waals surface area contributed by atoms with Gasteiger partial charge in [-0.3, -0.25) is 4.79 Å². The maximum atomic E-state index is 11.6. The fourth-order valence-electron chi connectivity index (χ4n) is 1.38. The molecule has 3 N–H and O–H groups in total. The van der Waals surface area contributed by atoms with E-state index in [1.54, 1.807) is 18.3 Å². The molecule has 17 heavy (non-hydrogen) atoms. The SMILES string of the molecule is CCOc1ncccc1NC(=O)CCCCN. The summed E-state index contributed by atoms with van der Waals surface area (Å²) in [5.41, 5.74) is 5.99. The smallest absolute Gasteiger partial charge is 0.237 e. The molecule has 0 bridgehead atoms. The van der Waals surface area contributed by atoms with Crippen molar-refractivity contribution >= 4 is 11.6 Å². The van der Waals surface area contributed by atoms with Gasteiger partial charge in [-0.1, -0.05) is 0 Å². The molecule has 0 aliphatic heterocycles. The second-order valence-corrected chi connectivity index (χ2v) is 3.58. The van der Waals surface area contributed by atoms with Gasteiger partial charge < -0.3 is 15.8 Å². The summed E-state index contributed by atoms with van der Waals surface area (Å²) in [7, 11) is 0. The van der Waals surface area contributed by atoms with Gasteiger partial charge in [-0.2, -0.15) is 0 Å². The van der Waals surface area contributed by atoms with Crippen molar-refractivity contribution in [1.29, 1.82) is 0 Å². The van der Waals surface area contributed by atoms with Crippen molar-refractivity contribution in [3.05, 3.63) is 18.3 Å². The largest absolute Gasteiger partial charge is 0.476 e. The van der Waals surface area contributed by atoms with Crippen LogP contribution in [0, 0.1) is 0 Å². The molecule has 0 saturated carbocycles. The number of hydrogen-bond donors (Lipinski definition) is 2. The van der Waals surface area contributed by atoms with Crippen molar-refractivity contribution in [3.63, 3.8) is 0 Å². The number of ether oxygens (including phenoxy) is 1. The van der Waals surface area contributed by atoms with E-state index < -0.39 is 0 Å². The first-order valence-corrected chi connectivity index (χ1v) is 5.85. The zero-order chi connectivity index (χ0) is 12.5. The first-order chi connectivity index (χ1) is 8.27. The molecular formula is C12H19N3O2. The molecule has 1 aromatic heterocycles. The number of pyridine rings is 1. The maximum absolute atomic E-state index is 11.6. The summed E-state index contributed by atoms with van der Waals surface area (Å²) in [5, 5.41) is 2.79. The average Bonchev–Trinajstić information content (AvgIpc) is 2.32. The summed E-state index contributed by atoms with van der Waals surface area (Å²) >= 11 is 0. The van der Waals surface area contributed by atoms with Crippen molar-refractivity contribution < 1.29 is 9.53 Å². The third kappa shape index (κ3) is 4.82. The molecule has 0 aliphatic carbocycles. The Labute approximate surface area is 101 Å². The summed E-state index contributed by atoms with van der Waals surface area (Å²) in [6.45, 7) is 3.01. The first kappa shape index (κ1) is 13.4. The number of aromatic nitrogens is 1. The molecule has 1 heterocycles. The predicted octanol–water partition coefficient (Wildman–Crippen LogP) is 1.55. The van der Waals surface area contributed by atoms with Gasteiger partial charge in [-0.05, 0) is 38.4 Å². The molecule has 5 heteroatoms. The quantitative estimate of drug-likeness (QED) is 0.705. The second-order valence-electron chi connectivity index (χ2n) is 3.58. The van der Waals surface area contributed by atoms with Crippen molar-refractivity contribution in [3.8, 4) is 5.88 Å². The normalized spacial score (nSPS) is 10.0. The van der Waals surface area contributed by atoms with Crippen LogP contribution in [0.4, 0.5) is 5.69 Å². The first-order valence-electron chi connectivity index (χ1n) is 5.85. The lowest BCUT2D eigenvalue weighted by Gasteiger charge is -2.09. The topological polar surface area (TPSA) is 77.2 Å². The molecule has 1 amide bonds. The van der Waals surface area contributed by atoms with Gasteiger partial charge >= 0.3 is 0 Å². The molecule has 0 unspecified atom stereocenters. The van der Waals surface area contributed by atoms with Gasteiger partial charge in [0.1, 0.15) is 5.69 Å². The highest BCUT2D eigenvalue weighted by atomic mass is 16.5. The number of anilines is 1. The lowest BCUT2D eigenvalue weighted by molar-refractivity contribution is -0.116. The van der Waals surface area contributed by atoms with Gasteiger partial charge in [0.05, 0.1) is 6.61 Å². The predicted molar refractivity (Wildman–Crippen MR) is 66.9 cm³/mol. The summed E-state index contributed by atoms with van der Waals surface area (Å²) in [5.74, 6) is 0.426. The zero-order valence-electron chi connectivity index (χ0n) is 10.1. The molecular weight excluding hydrogens is 218 g/mol. The number of carbonyl (C=O) groups is 1. The van der Waals surface area contributed by atoms with E-state index in [0.29, 0.717) is 31.1 Å². The van der Waals surface area contributed by atoms with Gasteiger partial charge in [-0.25, -0.2) is 4.98 Å². The van der Waals surface area contributed by atoms with E-state index in [-0.39, 0.29) is 5.91 Å². The van der Waals surface area contributed by atoms with E-state index in [9.17, 15) is 4.79 Å². The van der Waals surface area contributed by atoms with E-state index in [1.807, 2.05) is 6.92 Å². The number of nitrogens with two attached hydrogens (primary N) is 1. The number of rotatable bonds is 7. The van der Waals surface area contributed by atoms with Crippen molar-refractivity contribution in [2.24, 2.45) is 5.73 Å². The minimum Gasteiger partial charge on any atom is -0.476 e. The van der Waals surface area contributed by atoms with Crippen LogP contribution in [0.1, 0.15) is 26.2 Å². The highest BCUT2D eigenvalue weighted by molar-refractivity contribution is 5.91. The van der Waals surface area contributed by atoms with E-state index in [4.69, 9.17) is 10.5 Å². The molecule has 0 radical (unpaired) electrons. The Morgan fingerprint density at radius 3 is 3.06 bits per heavy atom. The third-order valence-electron chi connectivity index (χ3n) is 2.18. The third-order valence-corrected chi connectivity index (χ3v) is 2.18. The van der Waals surface area contributed by atoms with Crippen LogP contribution in [0.3, 0.4) is 0 Å². The van der Waals surface area contributed by atoms with Crippen LogP contribution in [0.25, 0.3) is 0 Å². The molecule has 0 fully saturated rings. The Balaban J connectivity index is 2.52. The molecule has 0 aliphatic rings. The Kier molecular flexibility index (Phi) is 6.03. The molecule has 0 saturated heterocycles. The van der Waals surface area contributed by atoms with Crippen molar-refractivity contribution in [2.75, 3.05) is 18.5 Å². The van der Waals surface area contributed by atoms with Crippen LogP contribution >= 0.6 is 0 Å². The Bertz CT molecular complexity index is 355. The number of unbranched alkanes of at least 4 members (excludes halogenated alkanes) is 1. The Morgan fingerprint density at radius 2 is 2.35 bits per heavy atom. The molecule has 1 aromatic rings. The van der Waals surface area contributed by atoms with Gasteiger partial charge in [0.15, 0.2) is 0 Å². The maximum Gasteiger partial charge on any atom is 0.237 e. The number of amides is 1. The molecule has 94 valence electrons. The monoisotopic (exact) mass is 237 g/mol. The molecule has 0 atom stereocenters. The summed E-state index contributed by atoms with van der Waals surface area (Å²) in [6, 6.07) is 3.54. The van der Waals surface area contributed by atoms with Crippen LogP contribution in [-0.2, 0) is 4.79 Å². The number of carbonyl (C=O) groups excluding carboxylic acids is 1. The number of nitrogens with zero attached hydrogens (tertiary/aromatic N) is 1. The van der Waals surface area contributed by atoms with E-state index in [2.05, 4.69) is 10.3 Å².